The average Bonchev–Trinajstić information content (AvgIpc) is 2.21. The van der Waals surface area contributed by atoms with Crippen molar-refractivity contribution in [2.24, 2.45) is 0 Å². The summed E-state index contributed by atoms with van der Waals surface area (Å²) in [5, 5.41) is 0. The van der Waals surface area contributed by atoms with E-state index in [0.717, 1.165) is 10.0 Å². The molecule has 0 heterocycles. The first-order chi connectivity index (χ1) is 7.17. The molecule has 4 heteroatoms. The molecule has 0 fully saturated rings. The largest absolute Gasteiger partial charge is 0.466 e. The van der Waals surface area contributed by atoms with Crippen LogP contribution in [0.25, 0.3) is 4.85 Å². The Balaban J connectivity index is 2.79. The Bertz CT molecular complexity index is 410. The third-order valence-electron chi connectivity index (χ3n) is 1.81. The van der Waals surface area contributed by atoms with Crippen LogP contribution in [0, 0.1) is 6.57 Å². The van der Waals surface area contributed by atoms with E-state index in [4.69, 9.17) is 11.3 Å². The summed E-state index contributed by atoms with van der Waals surface area (Å²) in [5.41, 5.74) is 1.38. The Labute approximate surface area is 97.0 Å². The molecule has 1 aromatic carbocycles. The molecule has 0 atom stereocenters. The second kappa shape index (κ2) is 5.52. The maximum atomic E-state index is 11.2. The standard InChI is InChI=1S/C11H10BrNO2/c1-3-15-11(14)6-8-4-5-9(13-2)7-10(8)12/h4-5,7H,3,6H2,1H3. The Morgan fingerprint density at radius 1 is 1.60 bits per heavy atom. The van der Waals surface area contributed by atoms with Crippen molar-refractivity contribution in [1.29, 1.82) is 0 Å². The summed E-state index contributed by atoms with van der Waals surface area (Å²) in [6, 6.07) is 5.14. The summed E-state index contributed by atoms with van der Waals surface area (Å²) >= 11 is 3.32. The number of halogens is 1. The van der Waals surface area contributed by atoms with E-state index < -0.39 is 0 Å². The first-order valence-corrected chi connectivity index (χ1v) is 5.28. The van der Waals surface area contributed by atoms with Crippen LogP contribution in [0.1, 0.15) is 12.5 Å². The smallest absolute Gasteiger partial charge is 0.310 e. The molecular weight excluding hydrogens is 258 g/mol. The molecule has 0 aliphatic rings. The molecule has 0 aliphatic carbocycles. The number of hydrogen-bond donors (Lipinski definition) is 0. The summed E-state index contributed by atoms with van der Waals surface area (Å²) in [6.45, 7) is 8.99. The van der Waals surface area contributed by atoms with Gasteiger partial charge in [0.25, 0.3) is 0 Å². The van der Waals surface area contributed by atoms with E-state index in [-0.39, 0.29) is 12.4 Å². The molecular formula is C11H10BrNO2. The van der Waals surface area contributed by atoms with Crippen molar-refractivity contribution in [2.45, 2.75) is 13.3 Å². The van der Waals surface area contributed by atoms with Gasteiger partial charge in [0, 0.05) is 4.47 Å². The van der Waals surface area contributed by atoms with Gasteiger partial charge in [0.15, 0.2) is 5.69 Å². The predicted octanol–water partition coefficient (Wildman–Crippen LogP) is 3.11. The number of carbonyl (C=O) groups is 1. The van der Waals surface area contributed by atoms with Gasteiger partial charge < -0.3 is 4.74 Å². The average molecular weight is 268 g/mol. The Morgan fingerprint density at radius 3 is 2.87 bits per heavy atom. The number of ether oxygens (including phenoxy) is 1. The van der Waals surface area contributed by atoms with Crippen LogP contribution in [-0.4, -0.2) is 12.6 Å². The van der Waals surface area contributed by atoms with Crippen LogP contribution in [-0.2, 0) is 16.0 Å². The summed E-state index contributed by atoms with van der Waals surface area (Å²) in [6.07, 6.45) is 0.229. The van der Waals surface area contributed by atoms with Crippen LogP contribution >= 0.6 is 15.9 Å². The molecule has 1 aromatic rings. The number of esters is 1. The van der Waals surface area contributed by atoms with Gasteiger partial charge in [-0.2, -0.15) is 0 Å². The van der Waals surface area contributed by atoms with Crippen molar-refractivity contribution < 1.29 is 9.53 Å². The molecule has 0 bridgehead atoms. The van der Waals surface area contributed by atoms with Gasteiger partial charge in [-0.3, -0.25) is 4.79 Å². The second-order valence-electron chi connectivity index (χ2n) is 2.87. The highest BCUT2D eigenvalue weighted by atomic mass is 79.9. The monoisotopic (exact) mass is 267 g/mol. The second-order valence-corrected chi connectivity index (χ2v) is 3.72. The molecule has 0 aromatic heterocycles. The molecule has 1 rings (SSSR count). The van der Waals surface area contributed by atoms with Gasteiger partial charge in [-0.25, -0.2) is 4.85 Å². The van der Waals surface area contributed by atoms with Gasteiger partial charge in [0.2, 0.25) is 0 Å². The van der Waals surface area contributed by atoms with E-state index in [1.807, 2.05) is 0 Å². The molecule has 0 aliphatic heterocycles. The molecule has 15 heavy (non-hydrogen) atoms. The van der Waals surface area contributed by atoms with Crippen molar-refractivity contribution in [3.63, 3.8) is 0 Å². The molecule has 0 amide bonds. The van der Waals surface area contributed by atoms with Crippen molar-refractivity contribution in [3.05, 3.63) is 39.7 Å². The van der Waals surface area contributed by atoms with Crippen molar-refractivity contribution >= 4 is 27.6 Å². The Kier molecular flexibility index (Phi) is 4.32. The lowest BCUT2D eigenvalue weighted by Crippen LogP contribution is -2.07. The zero-order valence-electron chi connectivity index (χ0n) is 8.29. The molecule has 0 N–H and O–H groups in total. The predicted molar refractivity (Wildman–Crippen MR) is 60.7 cm³/mol. The van der Waals surface area contributed by atoms with E-state index in [0.29, 0.717) is 12.3 Å². The van der Waals surface area contributed by atoms with Crippen LogP contribution in [0.15, 0.2) is 22.7 Å². The first-order valence-electron chi connectivity index (χ1n) is 4.49. The minimum absolute atomic E-state index is 0.229. The minimum Gasteiger partial charge on any atom is -0.466 e. The highest BCUT2D eigenvalue weighted by Gasteiger charge is 2.07. The Morgan fingerprint density at radius 2 is 2.33 bits per heavy atom. The molecule has 0 spiro atoms. The van der Waals surface area contributed by atoms with Crippen LogP contribution in [0.5, 0.6) is 0 Å². The quantitative estimate of drug-likeness (QED) is 0.623. The minimum atomic E-state index is -0.256. The molecule has 0 saturated carbocycles. The van der Waals surface area contributed by atoms with Gasteiger partial charge in [0.05, 0.1) is 19.6 Å². The highest BCUT2D eigenvalue weighted by molar-refractivity contribution is 9.10. The fourth-order valence-corrected chi connectivity index (χ4v) is 1.62. The van der Waals surface area contributed by atoms with Gasteiger partial charge in [-0.05, 0) is 18.6 Å². The normalized spacial score (nSPS) is 9.40. The number of rotatable bonds is 3. The lowest BCUT2D eigenvalue weighted by molar-refractivity contribution is -0.142. The topological polar surface area (TPSA) is 30.7 Å². The van der Waals surface area contributed by atoms with E-state index >= 15 is 0 Å². The Hall–Kier alpha value is -1.34. The van der Waals surface area contributed by atoms with Crippen LogP contribution < -0.4 is 0 Å². The number of benzene rings is 1. The highest BCUT2D eigenvalue weighted by Crippen LogP contribution is 2.23. The fourth-order valence-electron chi connectivity index (χ4n) is 1.12. The van der Waals surface area contributed by atoms with Crippen molar-refractivity contribution in [2.75, 3.05) is 6.61 Å². The zero-order valence-corrected chi connectivity index (χ0v) is 9.87. The molecule has 3 nitrogen and oxygen atoms in total. The third-order valence-corrected chi connectivity index (χ3v) is 2.54. The first kappa shape index (κ1) is 11.7. The number of hydrogen-bond acceptors (Lipinski definition) is 2. The van der Waals surface area contributed by atoms with E-state index in [9.17, 15) is 4.79 Å². The summed E-state index contributed by atoms with van der Waals surface area (Å²) < 4.78 is 5.60. The number of carbonyl (C=O) groups excluding carboxylic acids is 1. The fraction of sp³-hybridized carbons (Fsp3) is 0.273. The summed E-state index contributed by atoms with van der Waals surface area (Å²) in [5.74, 6) is -0.256. The lowest BCUT2D eigenvalue weighted by atomic mass is 10.1. The summed E-state index contributed by atoms with van der Waals surface area (Å²) in [4.78, 5) is 14.5. The molecule has 78 valence electrons. The van der Waals surface area contributed by atoms with E-state index in [2.05, 4.69) is 20.8 Å². The zero-order chi connectivity index (χ0) is 11.3. The lowest BCUT2D eigenvalue weighted by Gasteiger charge is -2.04. The maximum Gasteiger partial charge on any atom is 0.310 e. The SMILES string of the molecule is [C-]#[N+]c1ccc(CC(=O)OCC)c(Br)c1. The summed E-state index contributed by atoms with van der Waals surface area (Å²) in [7, 11) is 0. The molecule has 0 radical (unpaired) electrons. The van der Waals surface area contributed by atoms with Crippen LogP contribution in [0.2, 0.25) is 0 Å². The third kappa shape index (κ3) is 3.37. The van der Waals surface area contributed by atoms with Crippen molar-refractivity contribution in [3.8, 4) is 0 Å². The molecule has 0 saturated heterocycles. The maximum absolute atomic E-state index is 11.2. The van der Waals surface area contributed by atoms with Gasteiger partial charge in [-0.1, -0.05) is 28.1 Å². The van der Waals surface area contributed by atoms with Crippen LogP contribution in [0.4, 0.5) is 5.69 Å². The van der Waals surface area contributed by atoms with Crippen molar-refractivity contribution in [1.82, 2.24) is 0 Å². The van der Waals surface area contributed by atoms with Gasteiger partial charge >= 0.3 is 5.97 Å². The van der Waals surface area contributed by atoms with Crippen LogP contribution in [0.3, 0.4) is 0 Å². The van der Waals surface area contributed by atoms with E-state index in [1.54, 1.807) is 25.1 Å². The molecule has 0 unspecified atom stereocenters. The van der Waals surface area contributed by atoms with E-state index in [1.165, 1.54) is 0 Å². The van der Waals surface area contributed by atoms with Gasteiger partial charge in [0.1, 0.15) is 0 Å². The number of nitrogens with zero attached hydrogens (tertiary/aromatic N) is 1. The van der Waals surface area contributed by atoms with Gasteiger partial charge in [-0.15, -0.1) is 0 Å².